The van der Waals surface area contributed by atoms with Crippen LogP contribution in [0.1, 0.15) is 31.4 Å². The van der Waals surface area contributed by atoms with Crippen LogP contribution in [0.4, 0.5) is 10.6 Å². The number of aromatic nitrogens is 3. The molecule has 0 unspecified atom stereocenters. The Hall–Kier alpha value is -3.42. The van der Waals surface area contributed by atoms with E-state index in [1.807, 2.05) is 53.4 Å². The summed E-state index contributed by atoms with van der Waals surface area (Å²) in [7, 11) is 0. The third kappa shape index (κ3) is 4.52. The Kier molecular flexibility index (Phi) is 5.52. The van der Waals surface area contributed by atoms with Crippen LogP contribution < -0.4 is 10.2 Å². The summed E-state index contributed by atoms with van der Waals surface area (Å²) in [4.78, 5) is 17.4. The first-order chi connectivity index (χ1) is 15.3. The third-order valence-corrected chi connectivity index (χ3v) is 5.88. The monoisotopic (exact) mass is 418 g/mol. The van der Waals surface area contributed by atoms with E-state index in [-0.39, 0.29) is 12.1 Å². The molecule has 2 aliphatic rings. The zero-order valence-electron chi connectivity index (χ0n) is 17.4. The highest BCUT2D eigenvalue weighted by Crippen LogP contribution is 2.32. The van der Waals surface area contributed by atoms with Gasteiger partial charge in [0.15, 0.2) is 11.6 Å². The van der Waals surface area contributed by atoms with Crippen molar-refractivity contribution in [3.8, 4) is 11.3 Å². The second-order valence-corrected chi connectivity index (χ2v) is 8.17. The summed E-state index contributed by atoms with van der Waals surface area (Å²) in [6.45, 7) is 2.07. The van der Waals surface area contributed by atoms with Crippen LogP contribution in [0.5, 0.6) is 0 Å². The van der Waals surface area contributed by atoms with Crippen molar-refractivity contribution in [1.29, 1.82) is 0 Å². The summed E-state index contributed by atoms with van der Waals surface area (Å²) < 4.78 is 5.45. The number of nitrogens with zero attached hydrogens (tertiary/aromatic N) is 5. The SMILES string of the molecule is O=C(NCc1cc(-c2ccccc2)on1)N(C1CC1)[C@@H]1CCCN(c2cccnn2)C1. The average Bonchev–Trinajstić information content (AvgIpc) is 3.54. The molecule has 1 aliphatic carbocycles. The minimum absolute atomic E-state index is 0.0299. The summed E-state index contributed by atoms with van der Waals surface area (Å²) in [5.41, 5.74) is 1.69. The first-order valence-corrected chi connectivity index (χ1v) is 10.9. The Morgan fingerprint density at radius 1 is 1.13 bits per heavy atom. The maximum Gasteiger partial charge on any atom is 0.318 e. The molecule has 0 bridgehead atoms. The van der Waals surface area contributed by atoms with Crippen LogP contribution in [0, 0.1) is 0 Å². The van der Waals surface area contributed by atoms with E-state index in [2.05, 4.69) is 25.6 Å². The van der Waals surface area contributed by atoms with E-state index in [9.17, 15) is 4.79 Å². The number of hydrogen-bond donors (Lipinski definition) is 1. The fraction of sp³-hybridized carbons (Fsp3) is 0.391. The maximum atomic E-state index is 13.1. The average molecular weight is 419 g/mol. The number of hydrogen-bond acceptors (Lipinski definition) is 6. The van der Waals surface area contributed by atoms with Gasteiger partial charge in [0, 0.05) is 37.0 Å². The highest BCUT2D eigenvalue weighted by Gasteiger charge is 2.39. The Labute approximate surface area is 181 Å². The van der Waals surface area contributed by atoms with Crippen molar-refractivity contribution in [2.24, 2.45) is 0 Å². The predicted octanol–water partition coefficient (Wildman–Crippen LogP) is 3.47. The van der Waals surface area contributed by atoms with Crippen LogP contribution in [0.2, 0.25) is 0 Å². The van der Waals surface area contributed by atoms with Crippen molar-refractivity contribution in [1.82, 2.24) is 25.6 Å². The van der Waals surface area contributed by atoms with Gasteiger partial charge < -0.3 is 19.6 Å². The van der Waals surface area contributed by atoms with Crippen LogP contribution in [0.3, 0.4) is 0 Å². The van der Waals surface area contributed by atoms with Gasteiger partial charge in [-0.05, 0) is 37.8 Å². The molecule has 2 aromatic heterocycles. The molecule has 0 spiro atoms. The summed E-state index contributed by atoms with van der Waals surface area (Å²) in [6, 6.07) is 16.1. The van der Waals surface area contributed by atoms with E-state index in [1.54, 1.807) is 6.20 Å². The Bertz CT molecular complexity index is 1010. The van der Waals surface area contributed by atoms with E-state index < -0.39 is 0 Å². The Balaban J connectivity index is 1.23. The molecule has 2 fully saturated rings. The second-order valence-electron chi connectivity index (χ2n) is 8.17. The van der Waals surface area contributed by atoms with Crippen molar-refractivity contribution in [2.45, 2.75) is 44.3 Å². The molecule has 1 aliphatic heterocycles. The van der Waals surface area contributed by atoms with Crippen LogP contribution in [-0.4, -0.2) is 51.5 Å². The topological polar surface area (TPSA) is 87.4 Å². The molecule has 0 radical (unpaired) electrons. The highest BCUT2D eigenvalue weighted by atomic mass is 16.5. The molecule has 1 N–H and O–H groups in total. The normalized spacial score (nSPS) is 18.6. The number of piperidine rings is 1. The van der Waals surface area contributed by atoms with Gasteiger partial charge in [-0.3, -0.25) is 0 Å². The number of rotatable bonds is 6. The van der Waals surface area contributed by atoms with Crippen LogP contribution in [-0.2, 0) is 6.54 Å². The van der Waals surface area contributed by atoms with Crippen LogP contribution in [0.15, 0.2) is 59.3 Å². The zero-order valence-corrected chi connectivity index (χ0v) is 17.4. The van der Waals surface area contributed by atoms with Gasteiger partial charge in [0.25, 0.3) is 0 Å². The van der Waals surface area contributed by atoms with E-state index in [0.29, 0.717) is 24.0 Å². The molecule has 3 aromatic rings. The Morgan fingerprint density at radius 2 is 2.00 bits per heavy atom. The standard InChI is InChI=1S/C23H26N6O2/c30-23(24-15-18-14-21(31-27-18)17-6-2-1-3-7-17)29(19-10-11-19)20-8-5-13-28(16-20)22-9-4-12-25-26-22/h1-4,6-7,9,12,14,19-20H,5,8,10-11,13,15-16H2,(H,24,30)/t20-/m1/s1. The summed E-state index contributed by atoms with van der Waals surface area (Å²) >= 11 is 0. The van der Waals surface area contributed by atoms with Gasteiger partial charge in [-0.15, -0.1) is 5.10 Å². The molecule has 160 valence electrons. The summed E-state index contributed by atoms with van der Waals surface area (Å²) in [5.74, 6) is 1.58. The number of nitrogens with one attached hydrogen (secondary N) is 1. The molecular weight excluding hydrogens is 392 g/mol. The van der Waals surface area contributed by atoms with E-state index >= 15 is 0 Å². The van der Waals surface area contributed by atoms with Gasteiger partial charge in [-0.2, -0.15) is 5.10 Å². The van der Waals surface area contributed by atoms with Gasteiger partial charge in [-0.1, -0.05) is 35.5 Å². The highest BCUT2D eigenvalue weighted by molar-refractivity contribution is 5.75. The molecule has 5 rings (SSSR count). The van der Waals surface area contributed by atoms with Crippen molar-refractivity contribution in [3.05, 3.63) is 60.4 Å². The number of carbonyl (C=O) groups excluding carboxylic acids is 1. The van der Waals surface area contributed by atoms with Gasteiger partial charge in [0.2, 0.25) is 0 Å². The number of urea groups is 1. The van der Waals surface area contributed by atoms with Gasteiger partial charge in [-0.25, -0.2) is 4.79 Å². The second kappa shape index (κ2) is 8.75. The lowest BCUT2D eigenvalue weighted by molar-refractivity contribution is 0.160. The van der Waals surface area contributed by atoms with E-state index in [4.69, 9.17) is 4.52 Å². The summed E-state index contributed by atoms with van der Waals surface area (Å²) in [5, 5.41) is 15.4. The van der Waals surface area contributed by atoms with Crippen molar-refractivity contribution >= 4 is 11.8 Å². The fourth-order valence-electron chi connectivity index (χ4n) is 4.23. The van der Waals surface area contributed by atoms with Crippen LogP contribution in [0.25, 0.3) is 11.3 Å². The largest absolute Gasteiger partial charge is 0.356 e. The quantitative estimate of drug-likeness (QED) is 0.660. The zero-order chi connectivity index (χ0) is 21.0. The summed E-state index contributed by atoms with van der Waals surface area (Å²) in [6.07, 6.45) is 5.85. The fourth-order valence-corrected chi connectivity index (χ4v) is 4.23. The number of benzene rings is 1. The molecule has 1 saturated carbocycles. The smallest absolute Gasteiger partial charge is 0.318 e. The van der Waals surface area contributed by atoms with E-state index in [0.717, 1.165) is 50.2 Å². The third-order valence-electron chi connectivity index (χ3n) is 5.88. The molecule has 1 atom stereocenters. The number of carbonyl (C=O) groups is 1. The lowest BCUT2D eigenvalue weighted by Gasteiger charge is -2.39. The van der Waals surface area contributed by atoms with Gasteiger partial charge in [0.1, 0.15) is 5.69 Å². The van der Waals surface area contributed by atoms with Crippen molar-refractivity contribution in [3.63, 3.8) is 0 Å². The molecule has 8 nitrogen and oxygen atoms in total. The molecule has 1 saturated heterocycles. The predicted molar refractivity (Wildman–Crippen MR) is 116 cm³/mol. The minimum atomic E-state index is -0.0299. The lowest BCUT2D eigenvalue weighted by atomic mass is 10.0. The molecular formula is C23H26N6O2. The first-order valence-electron chi connectivity index (χ1n) is 10.9. The molecule has 31 heavy (non-hydrogen) atoms. The molecule has 8 heteroatoms. The van der Waals surface area contributed by atoms with Gasteiger partial charge in [0.05, 0.1) is 12.6 Å². The van der Waals surface area contributed by atoms with E-state index in [1.165, 1.54) is 0 Å². The van der Waals surface area contributed by atoms with Crippen molar-refractivity contribution < 1.29 is 9.32 Å². The first kappa shape index (κ1) is 19.5. The van der Waals surface area contributed by atoms with Crippen LogP contribution >= 0.6 is 0 Å². The lowest BCUT2D eigenvalue weighted by Crippen LogP contribution is -2.54. The van der Waals surface area contributed by atoms with Gasteiger partial charge >= 0.3 is 6.03 Å². The number of amides is 2. The molecule has 3 heterocycles. The molecule has 2 amide bonds. The maximum absolute atomic E-state index is 13.1. The van der Waals surface area contributed by atoms with Crippen molar-refractivity contribution in [2.75, 3.05) is 18.0 Å². The molecule has 1 aromatic carbocycles. The minimum Gasteiger partial charge on any atom is -0.356 e. The number of anilines is 1. The Morgan fingerprint density at radius 3 is 2.77 bits per heavy atom.